The van der Waals surface area contributed by atoms with Crippen molar-refractivity contribution in [2.24, 2.45) is 0 Å². The summed E-state index contributed by atoms with van der Waals surface area (Å²) in [5, 5.41) is 0. The summed E-state index contributed by atoms with van der Waals surface area (Å²) in [5.41, 5.74) is 0. The Morgan fingerprint density at radius 3 is 2.62 bits per heavy atom. The maximum Gasteiger partial charge on any atom is 0.331 e. The summed E-state index contributed by atoms with van der Waals surface area (Å²) in [7, 11) is -3.35. The molecule has 0 saturated carbocycles. The van der Waals surface area contributed by atoms with E-state index < -0.39 is 7.60 Å². The van der Waals surface area contributed by atoms with Crippen LogP contribution in [0, 0.1) is 0 Å². The maximum absolute atomic E-state index is 11.0. The van der Waals surface area contributed by atoms with E-state index >= 15 is 0 Å². The van der Waals surface area contributed by atoms with Crippen LogP contribution in [-0.2, 0) is 9.09 Å². The average Bonchev–Trinajstić information content (AvgIpc) is 1.98. The monoisotopic (exact) mass is 226 g/mol. The largest absolute Gasteiger partial charge is 0.331 e. The molecule has 0 heterocycles. The lowest BCUT2D eigenvalue weighted by Gasteiger charge is -2.08. The van der Waals surface area contributed by atoms with E-state index in [-0.39, 0.29) is 16.1 Å². The molecule has 0 aliphatic carbocycles. The molecule has 0 aromatic rings. The van der Waals surface area contributed by atoms with Crippen LogP contribution in [-0.4, -0.2) is 17.7 Å². The van der Waals surface area contributed by atoms with Crippen LogP contribution in [0.15, 0.2) is 12.7 Å². The summed E-state index contributed by atoms with van der Waals surface area (Å²) in [6.45, 7) is 5.82. The van der Waals surface area contributed by atoms with E-state index in [9.17, 15) is 4.57 Å². The van der Waals surface area contributed by atoms with Crippen molar-refractivity contribution in [3.8, 4) is 0 Å². The minimum absolute atomic E-state index is 0. The van der Waals surface area contributed by atoms with E-state index in [1.807, 2.05) is 0 Å². The lowest BCUT2D eigenvalue weighted by Crippen LogP contribution is -1.94. The zero-order valence-electron chi connectivity index (χ0n) is 8.24. The van der Waals surface area contributed by atoms with Gasteiger partial charge in [0.25, 0.3) is 0 Å². The van der Waals surface area contributed by atoms with Gasteiger partial charge in [0, 0.05) is 0 Å². The van der Waals surface area contributed by atoms with Gasteiger partial charge in [-0.15, -0.1) is 6.58 Å². The molecule has 5 heteroatoms. The molecule has 0 aliphatic rings. The van der Waals surface area contributed by atoms with Gasteiger partial charge in [0.1, 0.15) is 0 Å². The second-order valence-corrected chi connectivity index (χ2v) is 4.55. The highest BCUT2D eigenvalue weighted by Gasteiger charge is 2.15. The Morgan fingerprint density at radius 1 is 1.54 bits per heavy atom. The van der Waals surface area contributed by atoms with Crippen molar-refractivity contribution in [3.63, 3.8) is 0 Å². The summed E-state index contributed by atoms with van der Waals surface area (Å²) in [6.07, 6.45) is 4.41. The summed E-state index contributed by atoms with van der Waals surface area (Å²) in [6, 6.07) is 0. The van der Waals surface area contributed by atoms with E-state index in [4.69, 9.17) is 9.42 Å². The summed E-state index contributed by atoms with van der Waals surface area (Å²) >= 11 is 0. The first-order valence-corrected chi connectivity index (χ1v) is 5.96. The van der Waals surface area contributed by atoms with E-state index in [0.717, 1.165) is 19.3 Å². The molecular weight excluding hydrogens is 206 g/mol. The molecule has 1 N–H and O–H groups in total. The highest BCUT2D eigenvalue weighted by atomic mass is 31.2. The number of unbranched alkanes of at least 4 members (excludes halogenated alkanes) is 2. The van der Waals surface area contributed by atoms with Crippen LogP contribution in [0.25, 0.3) is 0 Å². The van der Waals surface area contributed by atoms with Crippen LogP contribution in [0.3, 0.4) is 0 Å². The van der Waals surface area contributed by atoms with Gasteiger partial charge < -0.3 is 9.42 Å². The molecule has 0 amide bonds. The Labute approximate surface area is 83.7 Å². The second kappa shape index (κ2) is 8.90. The lowest BCUT2D eigenvalue weighted by atomic mass is 10.3. The van der Waals surface area contributed by atoms with Crippen molar-refractivity contribution < 1.29 is 14.0 Å². The van der Waals surface area contributed by atoms with Crippen LogP contribution in [0.2, 0.25) is 0 Å². The molecule has 2 atom stereocenters. The van der Waals surface area contributed by atoms with Crippen molar-refractivity contribution in [2.45, 2.75) is 26.2 Å². The fourth-order valence-corrected chi connectivity index (χ4v) is 1.62. The van der Waals surface area contributed by atoms with Crippen molar-refractivity contribution in [1.82, 2.24) is 0 Å². The summed E-state index contributed by atoms with van der Waals surface area (Å²) in [4.78, 5) is 9.08. The normalized spacial score (nSPS) is 14.3. The third-order valence-corrected chi connectivity index (χ3v) is 2.71. The lowest BCUT2D eigenvalue weighted by molar-refractivity contribution is 0.256. The molecule has 0 spiro atoms. The standard InChI is InChI=1S/C8H17O3P.H3P/c1-3-5-6-7-11-12(9,10)8-4-2;/h4H,2-3,5-8H2,1H3,(H,9,10);1H3. The first-order valence-electron chi connectivity index (χ1n) is 4.19. The number of allylic oxidation sites excluding steroid dienone is 1. The Hall–Kier alpha value is 0.320. The van der Waals surface area contributed by atoms with Gasteiger partial charge in [-0.25, -0.2) is 0 Å². The van der Waals surface area contributed by atoms with Gasteiger partial charge in [0.2, 0.25) is 0 Å². The van der Waals surface area contributed by atoms with E-state index in [1.54, 1.807) is 0 Å². The van der Waals surface area contributed by atoms with Crippen LogP contribution in [0.5, 0.6) is 0 Å². The van der Waals surface area contributed by atoms with E-state index in [2.05, 4.69) is 13.5 Å². The van der Waals surface area contributed by atoms with Crippen LogP contribution in [0.4, 0.5) is 0 Å². The van der Waals surface area contributed by atoms with Crippen LogP contribution < -0.4 is 0 Å². The van der Waals surface area contributed by atoms with Crippen LogP contribution in [0.1, 0.15) is 26.2 Å². The zero-order valence-corrected chi connectivity index (χ0v) is 10.5. The third kappa shape index (κ3) is 10.2. The molecular formula is C8H20O3P2. The zero-order chi connectivity index (χ0) is 9.45. The van der Waals surface area contributed by atoms with Gasteiger partial charge >= 0.3 is 7.60 Å². The smallest absolute Gasteiger partial charge is 0.324 e. The average molecular weight is 226 g/mol. The van der Waals surface area contributed by atoms with Crippen molar-refractivity contribution in [2.75, 3.05) is 12.8 Å². The Morgan fingerprint density at radius 2 is 2.15 bits per heavy atom. The van der Waals surface area contributed by atoms with Gasteiger partial charge in [-0.3, -0.25) is 4.57 Å². The molecule has 0 saturated heterocycles. The molecule has 2 unspecified atom stereocenters. The van der Waals surface area contributed by atoms with Gasteiger partial charge in [0.15, 0.2) is 0 Å². The minimum Gasteiger partial charge on any atom is -0.324 e. The molecule has 0 rings (SSSR count). The van der Waals surface area contributed by atoms with Gasteiger partial charge in [-0.2, -0.15) is 9.90 Å². The first kappa shape index (κ1) is 15.8. The summed E-state index contributed by atoms with van der Waals surface area (Å²) < 4.78 is 15.9. The molecule has 0 radical (unpaired) electrons. The van der Waals surface area contributed by atoms with E-state index in [0.29, 0.717) is 6.61 Å². The molecule has 0 bridgehead atoms. The Bertz CT molecular complexity index is 171. The Kier molecular flexibility index (Phi) is 10.8. The topological polar surface area (TPSA) is 46.5 Å². The number of rotatable bonds is 7. The molecule has 80 valence electrons. The molecule has 0 aromatic carbocycles. The predicted octanol–water partition coefficient (Wildman–Crippen LogP) is 2.62. The van der Waals surface area contributed by atoms with Crippen molar-refractivity contribution in [3.05, 3.63) is 12.7 Å². The fourth-order valence-electron chi connectivity index (χ4n) is 0.775. The van der Waals surface area contributed by atoms with Gasteiger partial charge in [0.05, 0.1) is 12.8 Å². The Balaban J connectivity index is 0. The maximum atomic E-state index is 11.0. The second-order valence-electron chi connectivity index (χ2n) is 2.65. The molecule has 3 nitrogen and oxygen atoms in total. The molecule has 0 fully saturated rings. The van der Waals surface area contributed by atoms with Gasteiger partial charge in [-0.05, 0) is 6.42 Å². The minimum atomic E-state index is -3.35. The number of hydrogen-bond donors (Lipinski definition) is 1. The molecule has 0 aromatic heterocycles. The third-order valence-electron chi connectivity index (χ3n) is 1.40. The highest BCUT2D eigenvalue weighted by molar-refractivity contribution is 7.53. The van der Waals surface area contributed by atoms with Crippen molar-refractivity contribution >= 4 is 17.5 Å². The fraction of sp³-hybridized carbons (Fsp3) is 0.750. The quantitative estimate of drug-likeness (QED) is 0.412. The first-order chi connectivity index (χ1) is 5.62. The molecule has 13 heavy (non-hydrogen) atoms. The van der Waals surface area contributed by atoms with Gasteiger partial charge in [-0.1, -0.05) is 25.8 Å². The molecule has 0 aliphatic heterocycles. The van der Waals surface area contributed by atoms with E-state index in [1.165, 1.54) is 6.08 Å². The highest BCUT2D eigenvalue weighted by Crippen LogP contribution is 2.41. The predicted molar refractivity (Wildman–Crippen MR) is 61.5 cm³/mol. The number of hydrogen-bond acceptors (Lipinski definition) is 2. The van der Waals surface area contributed by atoms with Crippen LogP contribution >= 0.6 is 17.5 Å². The SMILES string of the molecule is C=CCP(=O)(O)OCCCCC.P. The summed E-state index contributed by atoms with van der Waals surface area (Å²) in [5.74, 6) is 0. The van der Waals surface area contributed by atoms with Crippen molar-refractivity contribution in [1.29, 1.82) is 0 Å².